The number of hydrogen-bond acceptors (Lipinski definition) is 4. The zero-order valence-corrected chi connectivity index (χ0v) is 14.5. The van der Waals surface area contributed by atoms with Crippen LogP contribution in [0.25, 0.3) is 0 Å². The van der Waals surface area contributed by atoms with Crippen molar-refractivity contribution in [2.24, 2.45) is 5.92 Å². The van der Waals surface area contributed by atoms with Crippen LogP contribution in [0.5, 0.6) is 0 Å². The summed E-state index contributed by atoms with van der Waals surface area (Å²) in [5.41, 5.74) is 0. The second kappa shape index (κ2) is 11.8. The summed E-state index contributed by atoms with van der Waals surface area (Å²) in [5, 5.41) is 3.48. The summed E-state index contributed by atoms with van der Waals surface area (Å²) in [4.78, 5) is 26.5. The molecule has 0 radical (unpaired) electrons. The lowest BCUT2D eigenvalue weighted by atomic mass is 9.92. The number of carbonyl (C=O) groups excluding carboxylic acids is 2. The molecule has 4 nitrogen and oxygen atoms in total. The smallest absolute Gasteiger partial charge is 0.149 e. The molecule has 1 atom stereocenters. The third kappa shape index (κ3) is 8.04. The fraction of sp³-hybridized carbons (Fsp3) is 0.889. The van der Waals surface area contributed by atoms with Crippen molar-refractivity contribution in [3.8, 4) is 0 Å². The Morgan fingerprint density at radius 3 is 2.59 bits per heavy atom. The number of carbonyl (C=O) groups is 2. The highest BCUT2D eigenvalue weighted by Gasteiger charge is 2.21. The minimum absolute atomic E-state index is 0.185. The SMILES string of the molecule is CCC[C@H]1CCCCNCCCCN(CC(=O)CC)CC1=O. The van der Waals surface area contributed by atoms with Gasteiger partial charge in [-0.15, -0.1) is 0 Å². The molecular weight excluding hydrogens is 276 g/mol. The monoisotopic (exact) mass is 310 g/mol. The molecule has 0 aliphatic carbocycles. The van der Waals surface area contributed by atoms with Crippen molar-refractivity contribution < 1.29 is 9.59 Å². The highest BCUT2D eigenvalue weighted by molar-refractivity contribution is 5.84. The summed E-state index contributed by atoms with van der Waals surface area (Å²) in [6.07, 6.45) is 8.06. The van der Waals surface area contributed by atoms with E-state index in [9.17, 15) is 9.59 Å². The average Bonchev–Trinajstić information content (AvgIpc) is 2.52. The molecule has 1 N–H and O–H groups in total. The molecular formula is C18H34N2O2. The first-order valence-corrected chi connectivity index (χ1v) is 9.14. The molecule has 1 aliphatic rings. The summed E-state index contributed by atoms with van der Waals surface area (Å²) < 4.78 is 0. The average molecular weight is 310 g/mol. The number of nitrogens with one attached hydrogen (secondary N) is 1. The van der Waals surface area contributed by atoms with Crippen molar-refractivity contribution in [3.63, 3.8) is 0 Å². The quantitative estimate of drug-likeness (QED) is 0.848. The molecule has 1 heterocycles. The Bertz CT molecular complexity index is 331. The fourth-order valence-corrected chi connectivity index (χ4v) is 3.09. The standard InChI is InChI=1S/C18H34N2O2/c1-3-9-16-10-5-6-11-19-12-7-8-13-20(15-18(16)22)14-17(21)4-2/h16,19H,3-15H2,1-2H3/t16-/m0/s1. The van der Waals surface area contributed by atoms with Crippen molar-refractivity contribution in [2.75, 3.05) is 32.7 Å². The van der Waals surface area contributed by atoms with E-state index in [1.807, 2.05) is 6.92 Å². The highest BCUT2D eigenvalue weighted by Crippen LogP contribution is 2.17. The van der Waals surface area contributed by atoms with Crippen LogP contribution in [0.15, 0.2) is 0 Å². The number of nitrogens with zero attached hydrogens (tertiary/aromatic N) is 1. The van der Waals surface area contributed by atoms with Gasteiger partial charge >= 0.3 is 0 Å². The Balaban J connectivity index is 2.65. The van der Waals surface area contributed by atoms with Crippen LogP contribution < -0.4 is 5.32 Å². The second-order valence-electron chi connectivity index (χ2n) is 6.51. The van der Waals surface area contributed by atoms with Gasteiger partial charge in [-0.25, -0.2) is 0 Å². The van der Waals surface area contributed by atoms with Crippen molar-refractivity contribution in [1.82, 2.24) is 10.2 Å². The van der Waals surface area contributed by atoms with Gasteiger partial charge in [0.1, 0.15) is 11.6 Å². The van der Waals surface area contributed by atoms with E-state index < -0.39 is 0 Å². The van der Waals surface area contributed by atoms with Crippen LogP contribution in [-0.4, -0.2) is 49.2 Å². The van der Waals surface area contributed by atoms with E-state index >= 15 is 0 Å². The van der Waals surface area contributed by atoms with Crippen molar-refractivity contribution in [1.29, 1.82) is 0 Å². The number of rotatable bonds is 5. The Labute approximate surface area is 136 Å². The molecule has 22 heavy (non-hydrogen) atoms. The lowest BCUT2D eigenvalue weighted by molar-refractivity contribution is -0.125. The summed E-state index contributed by atoms with van der Waals surface area (Å²) in [6, 6.07) is 0. The van der Waals surface area contributed by atoms with E-state index in [0.717, 1.165) is 64.6 Å². The van der Waals surface area contributed by atoms with Gasteiger partial charge in [0.05, 0.1) is 13.1 Å². The van der Waals surface area contributed by atoms with Gasteiger partial charge in [-0.05, 0) is 51.7 Å². The van der Waals surface area contributed by atoms with Crippen LogP contribution in [0.1, 0.15) is 65.2 Å². The first kappa shape index (κ1) is 19.3. The van der Waals surface area contributed by atoms with E-state index in [-0.39, 0.29) is 11.7 Å². The Morgan fingerprint density at radius 2 is 1.91 bits per heavy atom. The number of hydrogen-bond donors (Lipinski definition) is 1. The maximum atomic E-state index is 12.6. The van der Waals surface area contributed by atoms with Crippen molar-refractivity contribution in [3.05, 3.63) is 0 Å². The van der Waals surface area contributed by atoms with Crippen LogP contribution in [0, 0.1) is 5.92 Å². The molecule has 0 saturated carbocycles. The Hall–Kier alpha value is -0.740. The fourth-order valence-electron chi connectivity index (χ4n) is 3.09. The summed E-state index contributed by atoms with van der Waals surface area (Å²) in [7, 11) is 0. The van der Waals surface area contributed by atoms with Gasteiger partial charge in [0.25, 0.3) is 0 Å². The molecule has 0 aromatic carbocycles. The number of ketones is 2. The molecule has 0 amide bonds. The van der Waals surface area contributed by atoms with Crippen LogP contribution in [0.2, 0.25) is 0 Å². The third-order valence-electron chi connectivity index (χ3n) is 4.50. The largest absolute Gasteiger partial charge is 0.317 e. The van der Waals surface area contributed by atoms with Gasteiger partial charge in [-0.1, -0.05) is 26.7 Å². The predicted molar refractivity (Wildman–Crippen MR) is 91.1 cm³/mol. The molecule has 1 rings (SSSR count). The third-order valence-corrected chi connectivity index (χ3v) is 4.50. The van der Waals surface area contributed by atoms with Crippen molar-refractivity contribution in [2.45, 2.75) is 65.2 Å². The lowest BCUT2D eigenvalue weighted by Gasteiger charge is -2.23. The maximum absolute atomic E-state index is 12.6. The molecule has 0 spiro atoms. The minimum atomic E-state index is 0.185. The lowest BCUT2D eigenvalue weighted by Crippen LogP contribution is -2.37. The van der Waals surface area contributed by atoms with Gasteiger partial charge in [0.15, 0.2) is 0 Å². The van der Waals surface area contributed by atoms with Crippen LogP contribution >= 0.6 is 0 Å². The Morgan fingerprint density at radius 1 is 1.18 bits per heavy atom. The zero-order valence-electron chi connectivity index (χ0n) is 14.5. The topological polar surface area (TPSA) is 49.4 Å². The predicted octanol–water partition coefficient (Wildman–Crippen LogP) is 2.81. The van der Waals surface area contributed by atoms with Gasteiger partial charge in [-0.3, -0.25) is 14.5 Å². The Kier molecular flexibility index (Phi) is 10.3. The molecule has 0 unspecified atom stereocenters. The minimum Gasteiger partial charge on any atom is -0.317 e. The van der Waals surface area contributed by atoms with Gasteiger partial charge in [0, 0.05) is 12.3 Å². The van der Waals surface area contributed by atoms with E-state index in [1.165, 1.54) is 0 Å². The summed E-state index contributed by atoms with van der Waals surface area (Å²) in [5.74, 6) is 0.769. The first-order chi connectivity index (χ1) is 10.7. The molecule has 0 aromatic heterocycles. The van der Waals surface area contributed by atoms with E-state index in [4.69, 9.17) is 0 Å². The normalized spacial score (nSPS) is 23.4. The first-order valence-electron chi connectivity index (χ1n) is 9.14. The molecule has 1 aliphatic heterocycles. The zero-order chi connectivity index (χ0) is 16.2. The molecule has 1 fully saturated rings. The summed E-state index contributed by atoms with van der Waals surface area (Å²) >= 11 is 0. The molecule has 0 aromatic rings. The number of Topliss-reactive ketones (excluding diaryl/α,β-unsaturated/α-hetero) is 2. The van der Waals surface area contributed by atoms with Gasteiger partial charge in [0.2, 0.25) is 0 Å². The molecule has 4 heteroatoms. The van der Waals surface area contributed by atoms with E-state index in [0.29, 0.717) is 25.3 Å². The summed E-state index contributed by atoms with van der Waals surface area (Å²) in [6.45, 7) is 7.91. The van der Waals surface area contributed by atoms with Gasteiger partial charge < -0.3 is 5.32 Å². The van der Waals surface area contributed by atoms with Crippen molar-refractivity contribution >= 4 is 11.6 Å². The maximum Gasteiger partial charge on any atom is 0.149 e. The highest BCUT2D eigenvalue weighted by atomic mass is 16.1. The molecule has 128 valence electrons. The molecule has 0 bridgehead atoms. The van der Waals surface area contributed by atoms with E-state index in [2.05, 4.69) is 17.1 Å². The van der Waals surface area contributed by atoms with Crippen LogP contribution in [0.4, 0.5) is 0 Å². The van der Waals surface area contributed by atoms with Gasteiger partial charge in [-0.2, -0.15) is 0 Å². The van der Waals surface area contributed by atoms with E-state index in [1.54, 1.807) is 0 Å². The molecule has 1 saturated heterocycles. The second-order valence-corrected chi connectivity index (χ2v) is 6.51. The van der Waals surface area contributed by atoms with Crippen LogP contribution in [0.3, 0.4) is 0 Å². The van der Waals surface area contributed by atoms with Crippen LogP contribution in [-0.2, 0) is 9.59 Å².